The van der Waals surface area contributed by atoms with Gasteiger partial charge in [-0.25, -0.2) is 4.68 Å². The van der Waals surface area contributed by atoms with Crippen molar-refractivity contribution < 1.29 is 9.72 Å². The number of tetrazole rings is 1. The molecule has 3 unspecified atom stereocenters. The second-order valence-corrected chi connectivity index (χ2v) is 7.96. The number of amides is 1. The van der Waals surface area contributed by atoms with E-state index in [4.69, 9.17) is 0 Å². The number of pyridine rings is 1. The SMILES string of the molecule is O=C(C(c1ccccc1)n1cnnn1)N1CC2CC(C1)c1ccc([N+](=O)[O-])c(=O)n1C2. The third kappa shape index (κ3) is 3.27. The summed E-state index contributed by atoms with van der Waals surface area (Å²) in [6, 6.07) is 11.6. The smallest absolute Gasteiger partial charge is 0.334 e. The van der Waals surface area contributed by atoms with E-state index in [-0.39, 0.29) is 17.7 Å². The molecule has 0 N–H and O–H groups in total. The van der Waals surface area contributed by atoms with Crippen molar-refractivity contribution in [2.75, 3.05) is 13.1 Å². The van der Waals surface area contributed by atoms with Crippen LogP contribution in [-0.2, 0) is 11.3 Å². The van der Waals surface area contributed by atoms with Crippen LogP contribution in [0.3, 0.4) is 0 Å². The average molecular weight is 421 g/mol. The van der Waals surface area contributed by atoms with Gasteiger partial charge in [0, 0.05) is 37.3 Å². The van der Waals surface area contributed by atoms with Crippen molar-refractivity contribution in [2.45, 2.75) is 24.9 Å². The number of nitrogens with zero attached hydrogens (tertiary/aromatic N) is 7. The molecule has 3 atom stereocenters. The van der Waals surface area contributed by atoms with Gasteiger partial charge in [0.2, 0.25) is 0 Å². The molecule has 0 radical (unpaired) electrons. The zero-order valence-electron chi connectivity index (χ0n) is 16.4. The lowest BCUT2D eigenvalue weighted by Gasteiger charge is -2.43. The molecule has 158 valence electrons. The van der Waals surface area contributed by atoms with Crippen molar-refractivity contribution in [1.29, 1.82) is 0 Å². The van der Waals surface area contributed by atoms with Gasteiger partial charge in [0.05, 0.1) is 4.92 Å². The van der Waals surface area contributed by atoms with Crippen LogP contribution in [0.2, 0.25) is 0 Å². The molecule has 11 heteroatoms. The summed E-state index contributed by atoms with van der Waals surface area (Å²) in [7, 11) is 0. The van der Waals surface area contributed by atoms with E-state index in [0.717, 1.165) is 17.7 Å². The Kier molecular flexibility index (Phi) is 4.57. The minimum absolute atomic E-state index is 0.0419. The van der Waals surface area contributed by atoms with Crippen LogP contribution in [0.5, 0.6) is 0 Å². The van der Waals surface area contributed by atoms with Gasteiger partial charge in [0.15, 0.2) is 6.04 Å². The van der Waals surface area contributed by atoms with Crippen LogP contribution >= 0.6 is 0 Å². The van der Waals surface area contributed by atoms with Gasteiger partial charge in [-0.3, -0.25) is 19.7 Å². The summed E-state index contributed by atoms with van der Waals surface area (Å²) in [4.78, 5) is 38.5. The zero-order valence-corrected chi connectivity index (χ0v) is 16.4. The lowest BCUT2D eigenvalue weighted by molar-refractivity contribution is -0.386. The van der Waals surface area contributed by atoms with E-state index in [1.807, 2.05) is 30.3 Å². The molecule has 0 aliphatic carbocycles. The van der Waals surface area contributed by atoms with Gasteiger partial charge in [-0.2, -0.15) is 0 Å². The molecule has 4 heterocycles. The second-order valence-electron chi connectivity index (χ2n) is 7.96. The van der Waals surface area contributed by atoms with Gasteiger partial charge in [-0.1, -0.05) is 30.3 Å². The van der Waals surface area contributed by atoms with Crippen molar-refractivity contribution in [2.24, 2.45) is 5.92 Å². The number of rotatable bonds is 4. The van der Waals surface area contributed by atoms with E-state index < -0.39 is 22.2 Å². The number of aromatic nitrogens is 5. The molecule has 2 bridgehead atoms. The molecule has 11 nitrogen and oxygen atoms in total. The van der Waals surface area contributed by atoms with Crippen LogP contribution in [-0.4, -0.2) is 53.6 Å². The highest BCUT2D eigenvalue weighted by Crippen LogP contribution is 2.36. The molecule has 0 saturated carbocycles. The lowest BCUT2D eigenvalue weighted by Crippen LogP contribution is -2.51. The molecule has 0 spiro atoms. The van der Waals surface area contributed by atoms with E-state index in [1.165, 1.54) is 21.6 Å². The Hall–Kier alpha value is -3.89. The molecule has 31 heavy (non-hydrogen) atoms. The van der Waals surface area contributed by atoms with E-state index >= 15 is 0 Å². The maximum atomic E-state index is 13.6. The van der Waals surface area contributed by atoms with Crippen LogP contribution in [0.4, 0.5) is 5.69 Å². The first kappa shape index (κ1) is 19.1. The molecular weight excluding hydrogens is 402 g/mol. The van der Waals surface area contributed by atoms with Crippen LogP contribution < -0.4 is 5.56 Å². The minimum Gasteiger partial charge on any atom is -0.340 e. The van der Waals surface area contributed by atoms with E-state index in [9.17, 15) is 19.7 Å². The summed E-state index contributed by atoms with van der Waals surface area (Å²) in [6.07, 6.45) is 2.26. The molecule has 2 aliphatic rings. The summed E-state index contributed by atoms with van der Waals surface area (Å²) in [6.45, 7) is 1.25. The quantitative estimate of drug-likeness (QED) is 0.453. The number of piperidine rings is 1. The van der Waals surface area contributed by atoms with Crippen molar-refractivity contribution in [3.05, 3.63) is 80.5 Å². The second kappa shape index (κ2) is 7.42. The molecule has 5 rings (SSSR count). The van der Waals surface area contributed by atoms with Gasteiger partial charge in [-0.15, -0.1) is 5.10 Å². The largest absolute Gasteiger partial charge is 0.340 e. The third-order valence-electron chi connectivity index (χ3n) is 6.07. The van der Waals surface area contributed by atoms with Gasteiger partial charge >= 0.3 is 11.2 Å². The topological polar surface area (TPSA) is 129 Å². The molecule has 1 saturated heterocycles. The Morgan fingerprint density at radius 1 is 1.13 bits per heavy atom. The number of carbonyl (C=O) groups is 1. The highest BCUT2D eigenvalue weighted by atomic mass is 16.6. The Labute approximate surface area is 176 Å². The molecule has 1 aromatic carbocycles. The third-order valence-corrected chi connectivity index (χ3v) is 6.07. The monoisotopic (exact) mass is 421 g/mol. The predicted octanol–water partition coefficient (Wildman–Crippen LogP) is 0.978. The molecule has 1 fully saturated rings. The maximum Gasteiger partial charge on any atom is 0.334 e. The van der Waals surface area contributed by atoms with Gasteiger partial charge in [-0.05, 0) is 34.4 Å². The Balaban J connectivity index is 1.47. The predicted molar refractivity (Wildman–Crippen MR) is 107 cm³/mol. The number of hydrogen-bond donors (Lipinski definition) is 0. The van der Waals surface area contributed by atoms with Crippen LogP contribution in [0.25, 0.3) is 0 Å². The maximum absolute atomic E-state index is 13.6. The van der Waals surface area contributed by atoms with Crippen LogP contribution in [0.1, 0.15) is 29.6 Å². The lowest BCUT2D eigenvalue weighted by atomic mass is 9.82. The molecule has 2 aliphatic heterocycles. The normalized spacial score (nSPS) is 20.7. The van der Waals surface area contributed by atoms with Gasteiger partial charge in [0.25, 0.3) is 5.91 Å². The summed E-state index contributed by atoms with van der Waals surface area (Å²) in [5.41, 5.74) is 0.526. The van der Waals surface area contributed by atoms with Crippen molar-refractivity contribution in [3.63, 3.8) is 0 Å². The van der Waals surface area contributed by atoms with Crippen molar-refractivity contribution >= 4 is 11.6 Å². The van der Waals surface area contributed by atoms with Crippen molar-refractivity contribution in [3.8, 4) is 0 Å². The van der Waals surface area contributed by atoms with E-state index in [2.05, 4.69) is 15.5 Å². The first-order valence-corrected chi connectivity index (χ1v) is 9.97. The minimum atomic E-state index is -0.686. The number of likely N-dealkylation sites (tertiary alicyclic amines) is 1. The standard InChI is InChI=1S/C20H19N7O4/c28-19-17(27(30)31)7-6-16-15-8-13(10-25(16)19)9-24(11-15)20(29)18(26-12-21-22-23-26)14-4-2-1-3-5-14/h1-7,12-13,15,18H,8-11H2. The highest BCUT2D eigenvalue weighted by molar-refractivity contribution is 5.83. The fourth-order valence-electron chi connectivity index (χ4n) is 4.76. The Morgan fingerprint density at radius 2 is 1.94 bits per heavy atom. The number of hydrogen-bond acceptors (Lipinski definition) is 7. The van der Waals surface area contributed by atoms with Crippen molar-refractivity contribution in [1.82, 2.24) is 29.7 Å². The first-order valence-electron chi connectivity index (χ1n) is 9.97. The molecule has 1 amide bonds. The Bertz CT molecular complexity index is 1190. The van der Waals surface area contributed by atoms with Gasteiger partial charge in [0.1, 0.15) is 6.33 Å². The number of benzene rings is 1. The summed E-state index contributed by atoms with van der Waals surface area (Å²) in [5.74, 6) is -0.138. The Morgan fingerprint density at radius 3 is 2.65 bits per heavy atom. The van der Waals surface area contributed by atoms with E-state index in [0.29, 0.717) is 19.6 Å². The first-order chi connectivity index (χ1) is 15.0. The number of nitro groups is 1. The zero-order chi connectivity index (χ0) is 21.5. The molecule has 3 aromatic rings. The number of carbonyl (C=O) groups excluding carboxylic acids is 1. The average Bonchev–Trinajstić information content (AvgIpc) is 3.29. The summed E-state index contributed by atoms with van der Waals surface area (Å²) < 4.78 is 2.96. The number of fused-ring (bicyclic) bond motifs is 4. The summed E-state index contributed by atoms with van der Waals surface area (Å²) >= 11 is 0. The molecular formula is C20H19N7O4. The van der Waals surface area contributed by atoms with Gasteiger partial charge < -0.3 is 9.47 Å². The van der Waals surface area contributed by atoms with Crippen LogP contribution in [0.15, 0.2) is 53.6 Å². The fourth-order valence-corrected chi connectivity index (χ4v) is 4.76. The highest BCUT2D eigenvalue weighted by Gasteiger charge is 2.40. The molecule has 2 aromatic heterocycles. The fraction of sp³-hybridized carbons (Fsp3) is 0.350. The summed E-state index contributed by atoms with van der Waals surface area (Å²) in [5, 5.41) is 22.5. The van der Waals surface area contributed by atoms with E-state index in [1.54, 1.807) is 11.0 Å². The van der Waals surface area contributed by atoms with Crippen LogP contribution in [0, 0.1) is 16.0 Å².